The maximum absolute atomic E-state index is 11.4. The lowest BCUT2D eigenvalue weighted by Crippen LogP contribution is -2.36. The Balaban J connectivity index is 1.83. The highest BCUT2D eigenvalue weighted by molar-refractivity contribution is 7.46. The Bertz CT molecular complexity index is 902. The number of phosphoric ester groups is 1. The number of aliphatic hydroxyl groups excluding tert-OH is 1. The lowest BCUT2D eigenvalue weighted by Gasteiger charge is -2.22. The van der Waals surface area contributed by atoms with Crippen LogP contribution in [-0.4, -0.2) is 55.3 Å². The van der Waals surface area contributed by atoms with Gasteiger partial charge in [0.05, 0.1) is 19.5 Å². The number of ether oxygens (including phenoxy) is 2. The quantitative estimate of drug-likeness (QED) is 0.343. The molecule has 0 aliphatic carbocycles. The van der Waals surface area contributed by atoms with E-state index in [-0.39, 0.29) is 18.1 Å². The maximum atomic E-state index is 11.4. The van der Waals surface area contributed by atoms with Crippen LogP contribution in [0.2, 0.25) is 0 Å². The molecule has 1 aliphatic heterocycles. The molecule has 0 bridgehead atoms. The van der Waals surface area contributed by atoms with Gasteiger partial charge < -0.3 is 35.8 Å². The third kappa shape index (κ3) is 5.00. The largest absolute Gasteiger partial charge is 0.469 e. The molecule has 4 atom stereocenters. The van der Waals surface area contributed by atoms with E-state index in [2.05, 4.69) is 9.51 Å². The van der Waals surface area contributed by atoms with Crippen LogP contribution in [0.25, 0.3) is 0 Å². The Morgan fingerprint density at radius 2 is 2.00 bits per heavy atom. The fourth-order valence-electron chi connectivity index (χ4n) is 2.96. The number of carbonyl (C=O) groups is 1. The van der Waals surface area contributed by atoms with Crippen LogP contribution in [0.1, 0.15) is 22.3 Å². The zero-order chi connectivity index (χ0) is 21.2. The molecule has 0 unspecified atom stereocenters. The molecular weight excluding hydrogens is 407 g/mol. The molecule has 29 heavy (non-hydrogen) atoms. The molecule has 12 nitrogen and oxygen atoms in total. The number of hydrogen-bond acceptors (Lipinski definition) is 8. The molecule has 0 radical (unpaired) electrons. The van der Waals surface area contributed by atoms with Crippen LogP contribution < -0.4 is 11.5 Å². The average molecular weight is 428 g/mol. The molecule has 0 spiro atoms. The predicted octanol–water partition coefficient (Wildman–Crippen LogP) is -0.483. The van der Waals surface area contributed by atoms with Gasteiger partial charge in [-0.1, -0.05) is 30.3 Å². The van der Waals surface area contributed by atoms with E-state index < -0.39 is 44.9 Å². The van der Waals surface area contributed by atoms with Gasteiger partial charge in [0.25, 0.3) is 5.91 Å². The van der Waals surface area contributed by atoms with Gasteiger partial charge in [0, 0.05) is 0 Å². The Morgan fingerprint density at radius 3 is 2.59 bits per heavy atom. The van der Waals surface area contributed by atoms with E-state index in [4.69, 9.17) is 30.7 Å². The van der Waals surface area contributed by atoms with Crippen LogP contribution in [0.4, 0.5) is 5.82 Å². The first kappa shape index (κ1) is 21.4. The smallest absolute Gasteiger partial charge is 0.387 e. The van der Waals surface area contributed by atoms with Crippen LogP contribution >= 0.6 is 7.82 Å². The summed E-state index contributed by atoms with van der Waals surface area (Å²) >= 11 is 0. The van der Waals surface area contributed by atoms with Crippen LogP contribution in [0, 0.1) is 0 Å². The summed E-state index contributed by atoms with van der Waals surface area (Å²) in [6.07, 6.45) is -3.28. The molecule has 158 valence electrons. The van der Waals surface area contributed by atoms with Crippen molar-refractivity contribution in [2.24, 2.45) is 5.73 Å². The summed E-state index contributed by atoms with van der Waals surface area (Å²) in [6.45, 7) is -0.476. The summed E-state index contributed by atoms with van der Waals surface area (Å²) in [6, 6.07) is 9.13. The van der Waals surface area contributed by atoms with Crippen molar-refractivity contribution in [3.63, 3.8) is 0 Å². The van der Waals surface area contributed by atoms with Crippen LogP contribution in [0.5, 0.6) is 0 Å². The van der Waals surface area contributed by atoms with Crippen LogP contribution in [-0.2, 0) is 25.2 Å². The molecule has 1 aliphatic rings. The fraction of sp³-hybridized carbons (Fsp3) is 0.375. The van der Waals surface area contributed by atoms with E-state index in [9.17, 15) is 14.5 Å². The number of hydrogen-bond donors (Lipinski definition) is 5. The summed E-state index contributed by atoms with van der Waals surface area (Å²) in [4.78, 5) is 33.1. The Kier molecular flexibility index (Phi) is 6.34. The van der Waals surface area contributed by atoms with Crippen LogP contribution in [0.15, 0.2) is 36.7 Å². The number of phosphoric acid groups is 1. The van der Waals surface area contributed by atoms with Crippen molar-refractivity contribution in [1.29, 1.82) is 0 Å². The van der Waals surface area contributed by atoms with E-state index in [0.29, 0.717) is 0 Å². The number of imidazole rings is 1. The molecule has 7 N–H and O–H groups in total. The normalized spacial score (nSPS) is 24.7. The number of anilines is 1. The number of nitrogens with two attached hydrogens (primary N) is 2. The van der Waals surface area contributed by atoms with Gasteiger partial charge in [-0.2, -0.15) is 0 Å². The second-order valence-corrected chi connectivity index (χ2v) is 7.59. The maximum Gasteiger partial charge on any atom is 0.469 e. The first-order valence-electron chi connectivity index (χ1n) is 8.48. The molecule has 2 heterocycles. The SMILES string of the molecule is NC(=O)c1ncn([C@@H]2O[C@H](COP(=O)(O)O)[C@@H](O)[C@H]2OCc2ccccc2)c1N. The molecule has 0 saturated carbocycles. The molecule has 1 saturated heterocycles. The average Bonchev–Trinajstić information content (AvgIpc) is 3.18. The van der Waals surface area contributed by atoms with Crippen molar-refractivity contribution < 1.29 is 38.3 Å². The summed E-state index contributed by atoms with van der Waals surface area (Å²) < 4.78 is 28.2. The Labute approximate surface area is 165 Å². The zero-order valence-corrected chi connectivity index (χ0v) is 16.0. The van der Waals surface area contributed by atoms with Crippen LogP contribution in [0.3, 0.4) is 0 Å². The van der Waals surface area contributed by atoms with Crippen molar-refractivity contribution in [2.45, 2.75) is 31.1 Å². The molecule has 1 aromatic carbocycles. The summed E-state index contributed by atoms with van der Waals surface area (Å²) in [7, 11) is -4.77. The topological polar surface area (TPSA) is 192 Å². The molecule has 13 heteroatoms. The van der Waals surface area contributed by atoms with Crippen molar-refractivity contribution in [2.75, 3.05) is 12.3 Å². The van der Waals surface area contributed by atoms with E-state index in [1.807, 2.05) is 30.3 Å². The summed E-state index contributed by atoms with van der Waals surface area (Å²) in [5.74, 6) is -0.942. The summed E-state index contributed by atoms with van der Waals surface area (Å²) in [5, 5.41) is 10.6. The van der Waals surface area contributed by atoms with Gasteiger partial charge in [-0.3, -0.25) is 13.9 Å². The fourth-order valence-corrected chi connectivity index (χ4v) is 3.30. The number of carbonyl (C=O) groups excluding carboxylic acids is 1. The van der Waals surface area contributed by atoms with Gasteiger partial charge in [0.1, 0.15) is 24.1 Å². The minimum atomic E-state index is -4.77. The predicted molar refractivity (Wildman–Crippen MR) is 98.1 cm³/mol. The number of nitrogen functional groups attached to an aromatic ring is 1. The second kappa shape index (κ2) is 8.59. The highest BCUT2D eigenvalue weighted by atomic mass is 31.2. The highest BCUT2D eigenvalue weighted by Gasteiger charge is 2.47. The highest BCUT2D eigenvalue weighted by Crippen LogP contribution is 2.39. The molecule has 1 aromatic heterocycles. The third-order valence-electron chi connectivity index (χ3n) is 4.34. The molecule has 3 rings (SSSR count). The molecule has 2 aromatic rings. The number of aromatic nitrogens is 2. The van der Waals surface area contributed by atoms with Gasteiger partial charge in [0.15, 0.2) is 11.9 Å². The lowest BCUT2D eigenvalue weighted by molar-refractivity contribution is -0.0765. The van der Waals surface area contributed by atoms with Gasteiger partial charge in [0.2, 0.25) is 0 Å². The van der Waals surface area contributed by atoms with E-state index in [0.717, 1.165) is 5.56 Å². The van der Waals surface area contributed by atoms with Crippen molar-refractivity contribution in [3.05, 3.63) is 47.9 Å². The first-order valence-corrected chi connectivity index (χ1v) is 10.0. The standard InChI is InChI=1S/C16H21N4O8P/c17-14-11(15(18)22)19-8-20(14)16-13(26-6-9-4-2-1-3-5-9)12(21)10(28-16)7-27-29(23,24)25/h1-5,8,10,12-13,16,21H,6-7,17H2,(H2,18,22)(H2,23,24,25)/t10-,12-,13-,16-/m1/s1. The summed E-state index contributed by atoms with van der Waals surface area (Å²) in [5.41, 5.74) is 11.8. The monoisotopic (exact) mass is 428 g/mol. The number of aliphatic hydroxyl groups is 1. The number of amides is 1. The molecule has 1 amide bonds. The minimum absolute atomic E-state index is 0.0976. The number of nitrogens with zero attached hydrogens (tertiary/aromatic N) is 2. The third-order valence-corrected chi connectivity index (χ3v) is 4.83. The van der Waals surface area contributed by atoms with Crippen molar-refractivity contribution in [1.82, 2.24) is 9.55 Å². The van der Waals surface area contributed by atoms with Gasteiger partial charge >= 0.3 is 7.82 Å². The number of benzene rings is 1. The van der Waals surface area contributed by atoms with Crippen molar-refractivity contribution >= 4 is 19.5 Å². The van der Waals surface area contributed by atoms with E-state index in [1.54, 1.807) is 0 Å². The minimum Gasteiger partial charge on any atom is -0.387 e. The van der Waals surface area contributed by atoms with Crippen molar-refractivity contribution in [3.8, 4) is 0 Å². The number of rotatable bonds is 8. The Morgan fingerprint density at radius 1 is 1.31 bits per heavy atom. The first-order chi connectivity index (χ1) is 13.7. The van der Waals surface area contributed by atoms with E-state index >= 15 is 0 Å². The number of primary amides is 1. The lowest BCUT2D eigenvalue weighted by atomic mass is 10.1. The second-order valence-electron chi connectivity index (χ2n) is 6.35. The van der Waals surface area contributed by atoms with Gasteiger partial charge in [-0.15, -0.1) is 0 Å². The molecule has 1 fully saturated rings. The van der Waals surface area contributed by atoms with Gasteiger partial charge in [-0.25, -0.2) is 9.55 Å². The van der Waals surface area contributed by atoms with E-state index in [1.165, 1.54) is 10.9 Å². The molecular formula is C16H21N4O8P. The zero-order valence-electron chi connectivity index (χ0n) is 15.1. The van der Waals surface area contributed by atoms with Gasteiger partial charge in [-0.05, 0) is 5.56 Å². The Hall–Kier alpha value is -2.31.